The molecule has 1 aliphatic rings. The van der Waals surface area contributed by atoms with Crippen molar-refractivity contribution in [2.45, 2.75) is 19.9 Å². The predicted octanol–water partition coefficient (Wildman–Crippen LogP) is 3.46. The highest BCUT2D eigenvalue weighted by molar-refractivity contribution is 6.18. The molecule has 0 saturated carbocycles. The quantitative estimate of drug-likeness (QED) is 0.810. The summed E-state index contributed by atoms with van der Waals surface area (Å²) in [6.45, 7) is 6.24. The smallest absolute Gasteiger partial charge is 0.162 e. The Morgan fingerprint density at radius 3 is 2.62 bits per heavy atom. The van der Waals surface area contributed by atoms with Gasteiger partial charge in [-0.05, 0) is 37.4 Å². The number of rotatable bonds is 4. The van der Waals surface area contributed by atoms with Gasteiger partial charge in [0.25, 0.3) is 0 Å². The van der Waals surface area contributed by atoms with Gasteiger partial charge in [0.2, 0.25) is 0 Å². The molecule has 2 heterocycles. The molecule has 0 aliphatic carbocycles. The van der Waals surface area contributed by atoms with E-state index in [-0.39, 0.29) is 0 Å². The number of alkyl halides is 1. The van der Waals surface area contributed by atoms with E-state index in [0.29, 0.717) is 25.1 Å². The number of halogens is 1. The molecule has 0 spiro atoms. The molecule has 1 aromatic heterocycles. The summed E-state index contributed by atoms with van der Waals surface area (Å²) in [6.07, 6.45) is 1.83. The first kappa shape index (κ1) is 14.3. The fraction of sp³-hybridized carbons (Fsp3) is 0.438. The average molecular weight is 307 g/mol. The summed E-state index contributed by atoms with van der Waals surface area (Å²) in [4.78, 5) is 6.78. The zero-order chi connectivity index (χ0) is 14.8. The third kappa shape index (κ3) is 2.72. The normalized spacial score (nSPS) is 13.7. The van der Waals surface area contributed by atoms with Crippen LogP contribution in [-0.4, -0.2) is 36.7 Å². The highest BCUT2D eigenvalue weighted by atomic mass is 35.5. The molecule has 21 heavy (non-hydrogen) atoms. The maximum absolute atomic E-state index is 5.94. The zero-order valence-corrected chi connectivity index (χ0v) is 13.1. The van der Waals surface area contributed by atoms with Crippen LogP contribution in [0.5, 0.6) is 11.5 Å². The third-order valence-electron chi connectivity index (χ3n) is 3.63. The van der Waals surface area contributed by atoms with Gasteiger partial charge in [-0.15, -0.1) is 11.6 Å². The number of hydrogen-bond acceptors (Lipinski definition) is 4. The van der Waals surface area contributed by atoms with Gasteiger partial charge in [0.1, 0.15) is 19.0 Å². The van der Waals surface area contributed by atoms with Crippen LogP contribution in [0.3, 0.4) is 0 Å². The second-order valence-electron chi connectivity index (χ2n) is 5.33. The van der Waals surface area contributed by atoms with E-state index in [9.17, 15) is 0 Å². The Kier molecular flexibility index (Phi) is 4.06. The van der Waals surface area contributed by atoms with Crippen molar-refractivity contribution in [1.82, 2.24) is 4.98 Å². The highest BCUT2D eigenvalue weighted by Gasteiger charge is 2.18. The van der Waals surface area contributed by atoms with Crippen molar-refractivity contribution in [2.24, 2.45) is 0 Å². The van der Waals surface area contributed by atoms with Gasteiger partial charge in [-0.2, -0.15) is 0 Å². The van der Waals surface area contributed by atoms with Crippen LogP contribution in [0, 0.1) is 0 Å². The third-order valence-corrected chi connectivity index (χ3v) is 3.80. The number of nitrogens with zero attached hydrogens (tertiary/aromatic N) is 2. The van der Waals surface area contributed by atoms with Crippen LogP contribution in [0.1, 0.15) is 13.8 Å². The predicted molar refractivity (Wildman–Crippen MR) is 85.9 cm³/mol. The molecule has 1 aromatic carbocycles. The summed E-state index contributed by atoms with van der Waals surface area (Å²) in [5.74, 6) is 3.11. The molecule has 0 N–H and O–H groups in total. The van der Waals surface area contributed by atoms with Gasteiger partial charge in [0.05, 0.1) is 0 Å². The van der Waals surface area contributed by atoms with E-state index < -0.39 is 0 Å². The van der Waals surface area contributed by atoms with E-state index in [1.54, 1.807) is 0 Å². The van der Waals surface area contributed by atoms with Crippen molar-refractivity contribution >= 4 is 28.2 Å². The maximum atomic E-state index is 5.94. The first-order chi connectivity index (χ1) is 10.2. The van der Waals surface area contributed by atoms with Crippen molar-refractivity contribution in [3.05, 3.63) is 24.4 Å². The number of pyridine rings is 1. The number of hydrogen-bond donors (Lipinski definition) is 0. The van der Waals surface area contributed by atoms with Gasteiger partial charge >= 0.3 is 0 Å². The minimum atomic E-state index is 0.329. The molecule has 1 aliphatic heterocycles. The molecular formula is C16H19ClN2O2. The minimum absolute atomic E-state index is 0.329. The average Bonchev–Trinajstić information content (AvgIpc) is 2.50. The van der Waals surface area contributed by atoms with Crippen LogP contribution in [0.15, 0.2) is 24.4 Å². The Morgan fingerprint density at radius 1 is 1.24 bits per heavy atom. The highest BCUT2D eigenvalue weighted by Crippen LogP contribution is 2.37. The second-order valence-corrected chi connectivity index (χ2v) is 5.71. The van der Waals surface area contributed by atoms with Gasteiger partial charge in [-0.25, -0.2) is 4.98 Å². The summed E-state index contributed by atoms with van der Waals surface area (Å²) in [5.41, 5.74) is 0. The van der Waals surface area contributed by atoms with Crippen LogP contribution in [-0.2, 0) is 0 Å². The Balaban J connectivity index is 2.14. The maximum Gasteiger partial charge on any atom is 0.162 e. The van der Waals surface area contributed by atoms with E-state index in [1.807, 2.05) is 24.4 Å². The van der Waals surface area contributed by atoms with Crippen molar-refractivity contribution in [2.75, 3.05) is 30.5 Å². The minimum Gasteiger partial charge on any atom is -0.486 e. The van der Waals surface area contributed by atoms with Crippen LogP contribution in [0.4, 0.5) is 5.82 Å². The summed E-state index contributed by atoms with van der Waals surface area (Å²) in [5, 5.41) is 2.17. The summed E-state index contributed by atoms with van der Waals surface area (Å²) in [6, 6.07) is 6.37. The van der Waals surface area contributed by atoms with Gasteiger partial charge in [0, 0.05) is 30.0 Å². The van der Waals surface area contributed by atoms with Crippen molar-refractivity contribution in [3.63, 3.8) is 0 Å². The molecule has 0 saturated heterocycles. The fourth-order valence-corrected chi connectivity index (χ4v) is 2.80. The number of ether oxygens (including phenoxy) is 2. The zero-order valence-electron chi connectivity index (χ0n) is 12.3. The largest absolute Gasteiger partial charge is 0.486 e. The SMILES string of the molecule is CC(C)N(CCCl)c1nccc2cc3c(cc12)OCCO3. The lowest BCUT2D eigenvalue weighted by Gasteiger charge is -2.28. The lowest BCUT2D eigenvalue weighted by molar-refractivity contribution is 0.172. The van der Waals surface area contributed by atoms with E-state index in [1.165, 1.54) is 0 Å². The van der Waals surface area contributed by atoms with Gasteiger partial charge < -0.3 is 14.4 Å². The number of anilines is 1. The van der Waals surface area contributed by atoms with Gasteiger partial charge in [-0.1, -0.05) is 0 Å². The number of fused-ring (bicyclic) bond motifs is 2. The molecule has 0 amide bonds. The van der Waals surface area contributed by atoms with Crippen molar-refractivity contribution in [1.29, 1.82) is 0 Å². The Labute approximate surface area is 129 Å². The van der Waals surface area contributed by atoms with E-state index >= 15 is 0 Å². The van der Waals surface area contributed by atoms with E-state index in [2.05, 4.69) is 23.7 Å². The standard InChI is InChI=1S/C16H19ClN2O2/c1-11(2)19(6-4-17)16-13-10-15-14(20-7-8-21-15)9-12(13)3-5-18-16/h3,5,9-11H,4,6-8H2,1-2H3. The summed E-state index contributed by atoms with van der Waals surface area (Å²) in [7, 11) is 0. The van der Waals surface area contributed by atoms with Crippen LogP contribution in [0.2, 0.25) is 0 Å². The molecule has 3 rings (SSSR count). The molecule has 2 aromatic rings. The summed E-state index contributed by atoms with van der Waals surface area (Å²) >= 11 is 5.94. The van der Waals surface area contributed by atoms with Gasteiger partial charge in [0.15, 0.2) is 11.5 Å². The van der Waals surface area contributed by atoms with Crippen LogP contribution < -0.4 is 14.4 Å². The molecule has 0 atom stereocenters. The number of aromatic nitrogens is 1. The summed E-state index contributed by atoms with van der Waals surface area (Å²) < 4.78 is 11.3. The lowest BCUT2D eigenvalue weighted by Crippen LogP contribution is -2.33. The molecule has 0 unspecified atom stereocenters. The first-order valence-corrected chi connectivity index (χ1v) is 7.75. The molecule has 112 valence electrons. The first-order valence-electron chi connectivity index (χ1n) is 7.21. The molecular weight excluding hydrogens is 288 g/mol. The lowest BCUT2D eigenvalue weighted by atomic mass is 10.1. The number of benzene rings is 1. The molecule has 5 heteroatoms. The van der Waals surface area contributed by atoms with Crippen LogP contribution in [0.25, 0.3) is 10.8 Å². The fourth-order valence-electron chi connectivity index (χ4n) is 2.62. The monoisotopic (exact) mass is 306 g/mol. The van der Waals surface area contributed by atoms with Crippen molar-refractivity contribution < 1.29 is 9.47 Å². The molecule has 4 nitrogen and oxygen atoms in total. The van der Waals surface area contributed by atoms with Crippen LogP contribution >= 0.6 is 11.6 Å². The second kappa shape index (κ2) is 5.98. The topological polar surface area (TPSA) is 34.6 Å². The Morgan fingerprint density at radius 2 is 1.95 bits per heavy atom. The molecule has 0 fully saturated rings. The van der Waals surface area contributed by atoms with E-state index in [4.69, 9.17) is 21.1 Å². The van der Waals surface area contributed by atoms with Gasteiger partial charge in [-0.3, -0.25) is 0 Å². The Bertz CT molecular complexity index is 645. The molecule has 0 bridgehead atoms. The molecule has 0 radical (unpaired) electrons. The Hall–Kier alpha value is -1.68. The van der Waals surface area contributed by atoms with Crippen molar-refractivity contribution in [3.8, 4) is 11.5 Å². The van der Waals surface area contributed by atoms with E-state index in [0.717, 1.165) is 34.6 Å².